The number of nitrogens with zero attached hydrogens (tertiary/aromatic N) is 2. The summed E-state index contributed by atoms with van der Waals surface area (Å²) in [5.74, 6) is 1.94. The lowest BCUT2D eigenvalue weighted by Crippen LogP contribution is -2.13. The summed E-state index contributed by atoms with van der Waals surface area (Å²) in [6.07, 6.45) is 1.27. The summed E-state index contributed by atoms with van der Waals surface area (Å²) in [7, 11) is 0. The molecule has 0 spiro atoms. The smallest absolute Gasteiger partial charge is 0.231 e. The van der Waals surface area contributed by atoms with Crippen molar-refractivity contribution in [1.82, 2.24) is 15.5 Å². The summed E-state index contributed by atoms with van der Waals surface area (Å²) in [6, 6.07) is 3.30. The highest BCUT2D eigenvalue weighted by molar-refractivity contribution is 5.51. The Bertz CT molecular complexity index is 541. The van der Waals surface area contributed by atoms with E-state index in [1.165, 1.54) is 6.39 Å². The summed E-state index contributed by atoms with van der Waals surface area (Å²) in [4.78, 5) is 3.88. The zero-order chi connectivity index (χ0) is 12.4. The molecule has 94 valence electrons. The maximum atomic E-state index is 9.81. The summed E-state index contributed by atoms with van der Waals surface area (Å²) < 4.78 is 15.0. The highest BCUT2D eigenvalue weighted by Crippen LogP contribution is 2.37. The zero-order valence-corrected chi connectivity index (χ0v) is 9.42. The van der Waals surface area contributed by atoms with Gasteiger partial charge in [0.05, 0.1) is 6.54 Å². The predicted octanol–water partition coefficient (Wildman–Crippen LogP) is 0.794. The number of hydrogen-bond acceptors (Lipinski definition) is 7. The Morgan fingerprint density at radius 3 is 2.83 bits per heavy atom. The summed E-state index contributed by atoms with van der Waals surface area (Å²) in [6.45, 7) is 1.12. The van der Waals surface area contributed by atoms with Crippen LogP contribution >= 0.6 is 0 Å². The van der Waals surface area contributed by atoms with Crippen LogP contribution in [0.5, 0.6) is 17.2 Å². The number of nitrogens with one attached hydrogen (secondary N) is 1. The van der Waals surface area contributed by atoms with Crippen molar-refractivity contribution in [2.45, 2.75) is 13.1 Å². The van der Waals surface area contributed by atoms with Gasteiger partial charge in [0.2, 0.25) is 13.2 Å². The van der Waals surface area contributed by atoms with E-state index in [-0.39, 0.29) is 12.5 Å². The Kier molecular flexibility index (Phi) is 2.73. The van der Waals surface area contributed by atoms with Gasteiger partial charge in [0, 0.05) is 18.2 Å². The zero-order valence-electron chi connectivity index (χ0n) is 9.42. The molecule has 0 atom stereocenters. The molecule has 0 unspecified atom stereocenters. The largest absolute Gasteiger partial charge is 0.507 e. The molecule has 7 heteroatoms. The van der Waals surface area contributed by atoms with Crippen molar-refractivity contribution in [1.29, 1.82) is 0 Å². The van der Waals surface area contributed by atoms with Crippen LogP contribution in [-0.2, 0) is 13.1 Å². The number of hydrogen-bond donors (Lipinski definition) is 2. The van der Waals surface area contributed by atoms with E-state index in [9.17, 15) is 5.11 Å². The second-order valence-corrected chi connectivity index (χ2v) is 3.79. The van der Waals surface area contributed by atoms with Crippen molar-refractivity contribution < 1.29 is 19.1 Å². The Labute approximate surface area is 102 Å². The number of ether oxygens (including phenoxy) is 2. The van der Waals surface area contributed by atoms with Crippen LogP contribution in [0.3, 0.4) is 0 Å². The van der Waals surface area contributed by atoms with Gasteiger partial charge in [0.15, 0.2) is 17.3 Å². The number of phenols is 1. The van der Waals surface area contributed by atoms with E-state index in [4.69, 9.17) is 9.47 Å². The average molecular weight is 249 g/mol. The van der Waals surface area contributed by atoms with Gasteiger partial charge in [-0.1, -0.05) is 5.16 Å². The molecule has 0 saturated heterocycles. The van der Waals surface area contributed by atoms with E-state index in [0.717, 1.165) is 5.56 Å². The molecule has 0 bridgehead atoms. The maximum absolute atomic E-state index is 9.81. The fourth-order valence-electron chi connectivity index (χ4n) is 1.69. The number of phenolic OH excluding ortho intramolecular Hbond substituents is 1. The highest BCUT2D eigenvalue weighted by Gasteiger charge is 2.16. The number of fused-ring (bicyclic) bond motifs is 1. The van der Waals surface area contributed by atoms with Crippen LogP contribution in [0, 0.1) is 0 Å². The number of aromatic hydroxyl groups is 1. The molecule has 2 heterocycles. The van der Waals surface area contributed by atoms with Crippen molar-refractivity contribution in [3.63, 3.8) is 0 Å². The van der Waals surface area contributed by atoms with Crippen molar-refractivity contribution in [2.24, 2.45) is 0 Å². The van der Waals surface area contributed by atoms with E-state index in [1.807, 2.05) is 0 Å². The standard InChI is InChI=1S/C11H11N3O4/c15-8-2-10-9(16-6-17-10)1-7(8)3-12-4-11-13-5-18-14-11/h1-2,5,12,15H,3-4,6H2. The molecule has 0 radical (unpaired) electrons. The molecule has 18 heavy (non-hydrogen) atoms. The topological polar surface area (TPSA) is 89.6 Å². The Morgan fingerprint density at radius 1 is 1.22 bits per heavy atom. The molecule has 1 aromatic heterocycles. The molecular formula is C11H11N3O4. The molecule has 0 fully saturated rings. The molecule has 2 aromatic rings. The normalized spacial score (nSPS) is 12.9. The van der Waals surface area contributed by atoms with Gasteiger partial charge in [-0.25, -0.2) is 0 Å². The van der Waals surface area contributed by atoms with Gasteiger partial charge in [-0.15, -0.1) is 0 Å². The fourth-order valence-corrected chi connectivity index (χ4v) is 1.69. The first-order valence-electron chi connectivity index (χ1n) is 5.40. The molecule has 7 nitrogen and oxygen atoms in total. The van der Waals surface area contributed by atoms with E-state index in [0.29, 0.717) is 30.4 Å². The number of aromatic nitrogens is 2. The molecule has 0 amide bonds. The van der Waals surface area contributed by atoms with Gasteiger partial charge in [0.1, 0.15) is 5.75 Å². The molecule has 1 aliphatic heterocycles. The van der Waals surface area contributed by atoms with Gasteiger partial charge in [-0.2, -0.15) is 4.98 Å². The highest BCUT2D eigenvalue weighted by atomic mass is 16.7. The number of benzene rings is 1. The molecule has 3 rings (SSSR count). The molecule has 0 saturated carbocycles. The molecule has 1 aliphatic rings. The lowest BCUT2D eigenvalue weighted by atomic mass is 10.1. The third-order valence-corrected chi connectivity index (χ3v) is 2.58. The predicted molar refractivity (Wildman–Crippen MR) is 59.1 cm³/mol. The van der Waals surface area contributed by atoms with E-state index < -0.39 is 0 Å². The fraction of sp³-hybridized carbons (Fsp3) is 0.273. The Morgan fingerprint density at radius 2 is 2.06 bits per heavy atom. The Balaban J connectivity index is 1.66. The SMILES string of the molecule is Oc1cc2c(cc1CNCc1ncon1)OCO2. The second-order valence-electron chi connectivity index (χ2n) is 3.79. The van der Waals surface area contributed by atoms with E-state index in [1.54, 1.807) is 12.1 Å². The first kappa shape index (κ1) is 10.8. The molecular weight excluding hydrogens is 238 g/mol. The van der Waals surface area contributed by atoms with Gasteiger partial charge in [0.25, 0.3) is 0 Å². The lowest BCUT2D eigenvalue weighted by molar-refractivity contribution is 0.174. The van der Waals surface area contributed by atoms with Crippen molar-refractivity contribution >= 4 is 0 Å². The third kappa shape index (κ3) is 2.07. The first-order valence-corrected chi connectivity index (χ1v) is 5.40. The Hall–Kier alpha value is -2.28. The van der Waals surface area contributed by atoms with E-state index in [2.05, 4.69) is 20.0 Å². The molecule has 1 aromatic carbocycles. The van der Waals surface area contributed by atoms with Crippen molar-refractivity contribution in [2.75, 3.05) is 6.79 Å². The molecule has 2 N–H and O–H groups in total. The average Bonchev–Trinajstić information content (AvgIpc) is 3.00. The minimum atomic E-state index is 0.167. The van der Waals surface area contributed by atoms with Gasteiger partial charge in [-0.05, 0) is 6.07 Å². The van der Waals surface area contributed by atoms with E-state index >= 15 is 0 Å². The monoisotopic (exact) mass is 249 g/mol. The summed E-state index contributed by atoms with van der Waals surface area (Å²) >= 11 is 0. The summed E-state index contributed by atoms with van der Waals surface area (Å²) in [5.41, 5.74) is 0.725. The first-order chi connectivity index (χ1) is 8.83. The van der Waals surface area contributed by atoms with Crippen LogP contribution < -0.4 is 14.8 Å². The maximum Gasteiger partial charge on any atom is 0.231 e. The number of rotatable bonds is 4. The quantitative estimate of drug-likeness (QED) is 0.828. The minimum absolute atomic E-state index is 0.167. The van der Waals surface area contributed by atoms with Gasteiger partial charge in [-0.3, -0.25) is 0 Å². The van der Waals surface area contributed by atoms with Gasteiger partial charge < -0.3 is 24.4 Å². The van der Waals surface area contributed by atoms with Crippen molar-refractivity contribution in [3.05, 3.63) is 29.9 Å². The lowest BCUT2D eigenvalue weighted by Gasteiger charge is -2.06. The van der Waals surface area contributed by atoms with Crippen LogP contribution in [0.25, 0.3) is 0 Å². The van der Waals surface area contributed by atoms with Crippen LogP contribution in [0.2, 0.25) is 0 Å². The minimum Gasteiger partial charge on any atom is -0.507 e. The van der Waals surface area contributed by atoms with Crippen molar-refractivity contribution in [3.8, 4) is 17.2 Å². The van der Waals surface area contributed by atoms with Crippen LogP contribution in [0.1, 0.15) is 11.4 Å². The third-order valence-electron chi connectivity index (χ3n) is 2.58. The van der Waals surface area contributed by atoms with Crippen LogP contribution in [0.4, 0.5) is 0 Å². The second kappa shape index (κ2) is 4.53. The van der Waals surface area contributed by atoms with Crippen LogP contribution in [0.15, 0.2) is 23.0 Å². The summed E-state index contributed by atoms with van der Waals surface area (Å²) in [5, 5.41) is 16.6. The van der Waals surface area contributed by atoms with Gasteiger partial charge >= 0.3 is 0 Å². The van der Waals surface area contributed by atoms with Crippen LogP contribution in [-0.4, -0.2) is 22.0 Å². The molecule has 0 aliphatic carbocycles.